The Morgan fingerprint density at radius 1 is 1.18 bits per heavy atom. The maximum atomic E-state index is 6.10. The van der Waals surface area contributed by atoms with Crippen LogP contribution in [0.15, 0.2) is 12.4 Å². The second-order valence-corrected chi connectivity index (χ2v) is 6.45. The Morgan fingerprint density at radius 3 is 2.50 bits per heavy atom. The van der Waals surface area contributed by atoms with E-state index in [0.29, 0.717) is 0 Å². The van der Waals surface area contributed by atoms with Crippen molar-refractivity contribution in [2.45, 2.75) is 26.3 Å². The smallest absolute Gasteiger partial charge is 0.176 e. The number of halogens is 1. The summed E-state index contributed by atoms with van der Waals surface area (Å²) >= 11 is 0. The molecule has 1 aliphatic rings. The average molecular weight is 326 g/mol. The second-order valence-electron chi connectivity index (χ2n) is 6.45. The van der Waals surface area contributed by atoms with Gasteiger partial charge in [0.2, 0.25) is 0 Å². The first-order valence-corrected chi connectivity index (χ1v) is 7.36. The van der Waals surface area contributed by atoms with Crippen LogP contribution in [0.3, 0.4) is 0 Å². The van der Waals surface area contributed by atoms with Crippen LogP contribution < -0.4 is 10.6 Å². The first kappa shape index (κ1) is 16.9. The lowest BCUT2D eigenvalue weighted by Crippen LogP contribution is -2.53. The van der Waals surface area contributed by atoms with Crippen molar-refractivity contribution in [3.8, 4) is 0 Å². The third-order valence-electron chi connectivity index (χ3n) is 3.66. The SMILES string of the molecule is Cc1nc2cncc(N3CCN(CC(C)(C)N)CC3)n2n1.Cl. The van der Waals surface area contributed by atoms with Crippen LogP contribution >= 0.6 is 12.4 Å². The van der Waals surface area contributed by atoms with Crippen LogP contribution in [0.4, 0.5) is 5.82 Å². The number of aryl methyl sites for hydroxylation is 1. The van der Waals surface area contributed by atoms with Crippen LogP contribution in [0.1, 0.15) is 19.7 Å². The van der Waals surface area contributed by atoms with E-state index in [1.54, 1.807) is 6.20 Å². The summed E-state index contributed by atoms with van der Waals surface area (Å²) in [6.07, 6.45) is 3.61. The van der Waals surface area contributed by atoms with Gasteiger partial charge in [-0.1, -0.05) is 0 Å². The van der Waals surface area contributed by atoms with E-state index in [1.165, 1.54) is 0 Å². The van der Waals surface area contributed by atoms with Gasteiger partial charge in [-0.3, -0.25) is 9.88 Å². The molecule has 1 aliphatic heterocycles. The summed E-state index contributed by atoms with van der Waals surface area (Å²) in [5, 5.41) is 4.46. The van der Waals surface area contributed by atoms with Gasteiger partial charge in [0, 0.05) is 38.3 Å². The number of aromatic nitrogens is 4. The largest absolute Gasteiger partial charge is 0.353 e. The minimum atomic E-state index is -0.146. The zero-order chi connectivity index (χ0) is 15.0. The van der Waals surface area contributed by atoms with E-state index >= 15 is 0 Å². The van der Waals surface area contributed by atoms with Gasteiger partial charge in [0.15, 0.2) is 11.5 Å². The molecule has 122 valence electrons. The molecule has 0 bridgehead atoms. The topological polar surface area (TPSA) is 75.6 Å². The van der Waals surface area contributed by atoms with Crippen LogP contribution in [0, 0.1) is 6.92 Å². The number of hydrogen-bond donors (Lipinski definition) is 1. The summed E-state index contributed by atoms with van der Waals surface area (Å²) in [5.41, 5.74) is 6.76. The van der Waals surface area contributed by atoms with Crippen LogP contribution in [0.5, 0.6) is 0 Å². The first-order chi connectivity index (χ1) is 9.92. The Hall–Kier alpha value is -1.44. The zero-order valence-electron chi connectivity index (χ0n) is 13.4. The number of fused-ring (bicyclic) bond motifs is 1. The molecule has 3 rings (SSSR count). The van der Waals surface area contributed by atoms with Crippen LogP contribution in [0.2, 0.25) is 0 Å². The summed E-state index contributed by atoms with van der Waals surface area (Å²) in [6.45, 7) is 10.9. The molecule has 8 heteroatoms. The lowest BCUT2D eigenvalue weighted by Gasteiger charge is -2.38. The molecule has 0 atom stereocenters. The maximum Gasteiger partial charge on any atom is 0.176 e. The number of anilines is 1. The van der Waals surface area contributed by atoms with Gasteiger partial charge in [-0.15, -0.1) is 17.5 Å². The lowest BCUT2D eigenvalue weighted by molar-refractivity contribution is 0.213. The molecule has 2 aromatic heterocycles. The van der Waals surface area contributed by atoms with Gasteiger partial charge in [-0.05, 0) is 20.8 Å². The fourth-order valence-electron chi connectivity index (χ4n) is 2.84. The molecule has 0 spiro atoms. The molecule has 0 amide bonds. The normalized spacial score (nSPS) is 16.8. The van der Waals surface area contributed by atoms with Crippen molar-refractivity contribution < 1.29 is 0 Å². The lowest BCUT2D eigenvalue weighted by atomic mass is 10.1. The Morgan fingerprint density at radius 2 is 1.86 bits per heavy atom. The fraction of sp³-hybridized carbons (Fsp3) is 0.643. The van der Waals surface area contributed by atoms with Crippen LogP contribution in [-0.4, -0.2) is 62.7 Å². The third-order valence-corrected chi connectivity index (χ3v) is 3.66. The van der Waals surface area contributed by atoms with Gasteiger partial charge in [-0.25, -0.2) is 4.98 Å². The van der Waals surface area contributed by atoms with Gasteiger partial charge >= 0.3 is 0 Å². The van der Waals surface area contributed by atoms with E-state index in [0.717, 1.165) is 50.0 Å². The molecule has 1 fully saturated rings. The number of piperazine rings is 1. The summed E-state index contributed by atoms with van der Waals surface area (Å²) in [5.74, 6) is 1.78. The summed E-state index contributed by atoms with van der Waals surface area (Å²) in [4.78, 5) is 13.4. The van der Waals surface area contributed by atoms with Gasteiger partial charge < -0.3 is 10.6 Å². The van der Waals surface area contributed by atoms with Gasteiger partial charge in [-0.2, -0.15) is 4.52 Å². The molecule has 2 aromatic rings. The van der Waals surface area contributed by atoms with Crippen LogP contribution in [-0.2, 0) is 0 Å². The molecule has 1 saturated heterocycles. The molecule has 0 aliphatic carbocycles. The standard InChI is InChI=1S/C14H23N7.ClH/c1-11-17-12-8-16-9-13(21(12)18-11)20-6-4-19(5-7-20)10-14(2,3)15;/h8-9H,4-7,10,15H2,1-3H3;1H. The summed E-state index contributed by atoms with van der Waals surface area (Å²) < 4.78 is 1.88. The Labute approximate surface area is 136 Å². The van der Waals surface area contributed by atoms with E-state index in [1.807, 2.05) is 17.6 Å². The molecular formula is C14H24ClN7. The third kappa shape index (κ3) is 3.66. The molecule has 0 saturated carbocycles. The predicted octanol–water partition coefficient (Wildman–Crippen LogP) is 0.714. The quantitative estimate of drug-likeness (QED) is 0.896. The number of rotatable bonds is 3. The van der Waals surface area contributed by atoms with E-state index in [9.17, 15) is 0 Å². The van der Waals surface area contributed by atoms with Gasteiger partial charge in [0.05, 0.1) is 12.4 Å². The minimum Gasteiger partial charge on any atom is -0.353 e. The van der Waals surface area contributed by atoms with Crippen LogP contribution in [0.25, 0.3) is 5.65 Å². The van der Waals surface area contributed by atoms with Gasteiger partial charge in [0.1, 0.15) is 5.82 Å². The van der Waals surface area contributed by atoms with E-state index in [2.05, 4.69) is 38.7 Å². The van der Waals surface area contributed by atoms with Gasteiger partial charge in [0.25, 0.3) is 0 Å². The molecule has 22 heavy (non-hydrogen) atoms. The monoisotopic (exact) mass is 325 g/mol. The Kier molecular flexibility index (Phi) is 4.89. The molecule has 2 N–H and O–H groups in total. The molecule has 3 heterocycles. The minimum absolute atomic E-state index is 0. The highest BCUT2D eigenvalue weighted by molar-refractivity contribution is 5.85. The predicted molar refractivity (Wildman–Crippen MR) is 89.7 cm³/mol. The molecule has 0 aromatic carbocycles. The van der Waals surface area contributed by atoms with Crippen molar-refractivity contribution in [1.29, 1.82) is 0 Å². The number of nitrogens with two attached hydrogens (primary N) is 1. The molecule has 0 unspecified atom stereocenters. The van der Waals surface area contributed by atoms with Crippen molar-refractivity contribution in [2.24, 2.45) is 5.73 Å². The number of nitrogens with zero attached hydrogens (tertiary/aromatic N) is 6. The Bertz CT molecular complexity index is 626. The average Bonchev–Trinajstić information content (AvgIpc) is 2.78. The highest BCUT2D eigenvalue weighted by Crippen LogP contribution is 2.17. The molecule has 7 nitrogen and oxygen atoms in total. The molecule has 0 radical (unpaired) electrons. The zero-order valence-corrected chi connectivity index (χ0v) is 14.2. The number of hydrogen-bond acceptors (Lipinski definition) is 6. The summed E-state index contributed by atoms with van der Waals surface area (Å²) in [6, 6.07) is 0. The first-order valence-electron chi connectivity index (χ1n) is 7.36. The van der Waals surface area contributed by atoms with Crippen molar-refractivity contribution in [1.82, 2.24) is 24.5 Å². The highest BCUT2D eigenvalue weighted by atomic mass is 35.5. The second kappa shape index (κ2) is 6.36. The van der Waals surface area contributed by atoms with Crippen molar-refractivity contribution >= 4 is 23.9 Å². The fourth-order valence-corrected chi connectivity index (χ4v) is 2.84. The van der Waals surface area contributed by atoms with E-state index in [-0.39, 0.29) is 17.9 Å². The molecular weight excluding hydrogens is 302 g/mol. The van der Waals surface area contributed by atoms with E-state index < -0.39 is 0 Å². The van der Waals surface area contributed by atoms with Crippen molar-refractivity contribution in [2.75, 3.05) is 37.6 Å². The van der Waals surface area contributed by atoms with Crippen molar-refractivity contribution in [3.63, 3.8) is 0 Å². The summed E-state index contributed by atoms with van der Waals surface area (Å²) in [7, 11) is 0. The Balaban J connectivity index is 0.00000176. The highest BCUT2D eigenvalue weighted by Gasteiger charge is 2.23. The van der Waals surface area contributed by atoms with Crippen molar-refractivity contribution in [3.05, 3.63) is 18.2 Å². The maximum absolute atomic E-state index is 6.10. The van der Waals surface area contributed by atoms with E-state index in [4.69, 9.17) is 5.73 Å².